The van der Waals surface area contributed by atoms with E-state index in [2.05, 4.69) is 29.4 Å². The van der Waals surface area contributed by atoms with Crippen molar-refractivity contribution < 1.29 is 0 Å². The second-order valence-corrected chi connectivity index (χ2v) is 4.56. The summed E-state index contributed by atoms with van der Waals surface area (Å²) in [6.45, 7) is 5.64. The van der Waals surface area contributed by atoms with Crippen LogP contribution in [0, 0.1) is 5.92 Å². The molecule has 3 nitrogen and oxygen atoms in total. The monoisotopic (exact) mass is 193 g/mol. The van der Waals surface area contributed by atoms with Crippen LogP contribution in [-0.4, -0.2) is 16.7 Å². The molecule has 0 saturated carbocycles. The van der Waals surface area contributed by atoms with Gasteiger partial charge in [-0.3, -0.25) is 5.10 Å². The zero-order chi connectivity index (χ0) is 9.97. The van der Waals surface area contributed by atoms with E-state index < -0.39 is 0 Å². The molecule has 0 aliphatic carbocycles. The lowest BCUT2D eigenvalue weighted by atomic mass is 10.00. The molecule has 1 saturated heterocycles. The Balaban J connectivity index is 2.12. The lowest BCUT2D eigenvalue weighted by Gasteiger charge is -2.11. The molecule has 1 aliphatic heterocycles. The predicted octanol–water partition coefficient (Wildman–Crippen LogP) is 2.03. The number of nitrogens with one attached hydrogen (secondary N) is 2. The van der Waals surface area contributed by atoms with E-state index in [0.717, 1.165) is 13.0 Å². The Bertz CT molecular complexity index is 284. The van der Waals surface area contributed by atoms with Gasteiger partial charge in [-0.15, -0.1) is 0 Å². The molecule has 0 aromatic carbocycles. The summed E-state index contributed by atoms with van der Waals surface area (Å²) >= 11 is 0. The van der Waals surface area contributed by atoms with Crippen LogP contribution >= 0.6 is 0 Å². The molecule has 0 amide bonds. The van der Waals surface area contributed by atoms with E-state index >= 15 is 0 Å². The van der Waals surface area contributed by atoms with E-state index in [0.29, 0.717) is 12.0 Å². The smallest absolute Gasteiger partial charge is 0.0553 e. The van der Waals surface area contributed by atoms with Crippen molar-refractivity contribution in [1.29, 1.82) is 0 Å². The number of H-pyrrole nitrogens is 1. The lowest BCUT2D eigenvalue weighted by Crippen LogP contribution is -2.15. The standard InChI is InChI=1S/C11H19N3/c1-8(2)6-9-7-13-14-11(9)10-4-3-5-12-10/h7-8,10,12H,3-6H2,1-2H3,(H,13,14). The van der Waals surface area contributed by atoms with Crippen LogP contribution in [0.2, 0.25) is 0 Å². The third-order valence-electron chi connectivity index (χ3n) is 2.79. The fraction of sp³-hybridized carbons (Fsp3) is 0.727. The first kappa shape index (κ1) is 9.71. The lowest BCUT2D eigenvalue weighted by molar-refractivity contribution is 0.596. The maximum atomic E-state index is 4.15. The van der Waals surface area contributed by atoms with Gasteiger partial charge in [0.1, 0.15) is 0 Å². The quantitative estimate of drug-likeness (QED) is 0.771. The summed E-state index contributed by atoms with van der Waals surface area (Å²) in [5, 5.41) is 10.8. The van der Waals surface area contributed by atoms with Crippen molar-refractivity contribution in [2.75, 3.05) is 6.54 Å². The third kappa shape index (κ3) is 1.98. The molecule has 78 valence electrons. The molecule has 0 radical (unpaired) electrons. The highest BCUT2D eigenvalue weighted by atomic mass is 15.1. The van der Waals surface area contributed by atoms with Gasteiger partial charge in [0, 0.05) is 6.04 Å². The van der Waals surface area contributed by atoms with Crippen molar-refractivity contribution in [3.63, 3.8) is 0 Å². The number of rotatable bonds is 3. The average Bonchev–Trinajstić information content (AvgIpc) is 2.70. The Morgan fingerprint density at radius 3 is 3.07 bits per heavy atom. The molecule has 2 heterocycles. The van der Waals surface area contributed by atoms with Crippen molar-refractivity contribution in [1.82, 2.24) is 15.5 Å². The molecule has 2 N–H and O–H groups in total. The molecule has 3 heteroatoms. The second-order valence-electron chi connectivity index (χ2n) is 4.56. The van der Waals surface area contributed by atoms with Crippen molar-refractivity contribution in [2.45, 2.75) is 39.2 Å². The number of nitrogens with zero attached hydrogens (tertiary/aromatic N) is 1. The van der Waals surface area contributed by atoms with Crippen molar-refractivity contribution in [3.05, 3.63) is 17.5 Å². The third-order valence-corrected chi connectivity index (χ3v) is 2.79. The van der Waals surface area contributed by atoms with Gasteiger partial charge in [-0.1, -0.05) is 13.8 Å². The number of hydrogen-bond donors (Lipinski definition) is 2. The maximum Gasteiger partial charge on any atom is 0.0553 e. The van der Waals surface area contributed by atoms with Crippen molar-refractivity contribution in [2.24, 2.45) is 5.92 Å². The molecular formula is C11H19N3. The Morgan fingerprint density at radius 2 is 2.43 bits per heavy atom. The molecule has 1 unspecified atom stereocenters. The summed E-state index contributed by atoms with van der Waals surface area (Å²) in [5.41, 5.74) is 2.70. The van der Waals surface area contributed by atoms with E-state index in [1.54, 1.807) is 0 Å². The molecule has 1 fully saturated rings. The fourth-order valence-corrected chi connectivity index (χ4v) is 2.16. The van der Waals surface area contributed by atoms with Gasteiger partial charge in [-0.05, 0) is 37.3 Å². The first-order valence-corrected chi connectivity index (χ1v) is 5.53. The largest absolute Gasteiger partial charge is 0.309 e. The van der Waals surface area contributed by atoms with Crippen LogP contribution in [0.1, 0.15) is 44.0 Å². The Morgan fingerprint density at radius 1 is 1.57 bits per heavy atom. The van der Waals surface area contributed by atoms with Crippen molar-refractivity contribution in [3.8, 4) is 0 Å². The molecule has 1 aromatic rings. The molecule has 14 heavy (non-hydrogen) atoms. The van der Waals surface area contributed by atoms with Crippen LogP contribution < -0.4 is 5.32 Å². The van der Waals surface area contributed by atoms with E-state index in [4.69, 9.17) is 0 Å². The Hall–Kier alpha value is -0.830. The first-order valence-electron chi connectivity index (χ1n) is 5.53. The van der Waals surface area contributed by atoms with Crippen LogP contribution in [0.4, 0.5) is 0 Å². The molecule has 0 bridgehead atoms. The molecule has 1 aromatic heterocycles. The predicted molar refractivity (Wildman–Crippen MR) is 57.1 cm³/mol. The molecule has 2 rings (SSSR count). The highest BCUT2D eigenvalue weighted by Crippen LogP contribution is 2.25. The van der Waals surface area contributed by atoms with E-state index in [1.165, 1.54) is 24.1 Å². The summed E-state index contributed by atoms with van der Waals surface area (Å²) in [6.07, 6.45) is 5.64. The van der Waals surface area contributed by atoms with Crippen LogP contribution in [0.3, 0.4) is 0 Å². The first-order chi connectivity index (χ1) is 6.77. The number of hydrogen-bond acceptors (Lipinski definition) is 2. The minimum Gasteiger partial charge on any atom is -0.309 e. The van der Waals surface area contributed by atoms with Crippen LogP contribution in [0.25, 0.3) is 0 Å². The summed E-state index contributed by atoms with van der Waals surface area (Å²) in [5.74, 6) is 0.702. The van der Waals surface area contributed by atoms with Gasteiger partial charge in [0.2, 0.25) is 0 Å². The maximum absolute atomic E-state index is 4.15. The SMILES string of the molecule is CC(C)Cc1cn[nH]c1C1CCCN1. The number of aromatic nitrogens is 2. The van der Waals surface area contributed by atoms with Gasteiger partial charge in [0.15, 0.2) is 0 Å². The van der Waals surface area contributed by atoms with Crippen LogP contribution in [-0.2, 0) is 6.42 Å². The van der Waals surface area contributed by atoms with Crippen molar-refractivity contribution >= 4 is 0 Å². The Kier molecular flexibility index (Phi) is 2.87. The van der Waals surface area contributed by atoms with Gasteiger partial charge in [0.05, 0.1) is 11.9 Å². The minimum absolute atomic E-state index is 0.520. The summed E-state index contributed by atoms with van der Waals surface area (Å²) in [6, 6.07) is 0.520. The topological polar surface area (TPSA) is 40.7 Å². The molecule has 1 aliphatic rings. The molecular weight excluding hydrogens is 174 g/mol. The highest BCUT2D eigenvalue weighted by molar-refractivity contribution is 5.21. The van der Waals surface area contributed by atoms with E-state index in [-0.39, 0.29) is 0 Å². The van der Waals surface area contributed by atoms with Gasteiger partial charge >= 0.3 is 0 Å². The van der Waals surface area contributed by atoms with Crippen LogP contribution in [0.5, 0.6) is 0 Å². The zero-order valence-electron chi connectivity index (χ0n) is 9.01. The van der Waals surface area contributed by atoms with Crippen LogP contribution in [0.15, 0.2) is 6.20 Å². The Labute approximate surface area is 85.3 Å². The summed E-state index contributed by atoms with van der Waals surface area (Å²) in [4.78, 5) is 0. The number of aromatic amines is 1. The fourth-order valence-electron chi connectivity index (χ4n) is 2.16. The minimum atomic E-state index is 0.520. The van der Waals surface area contributed by atoms with Gasteiger partial charge in [-0.2, -0.15) is 5.10 Å². The van der Waals surface area contributed by atoms with Gasteiger partial charge < -0.3 is 5.32 Å². The molecule has 1 atom stereocenters. The van der Waals surface area contributed by atoms with Gasteiger partial charge in [0.25, 0.3) is 0 Å². The molecule has 0 spiro atoms. The second kappa shape index (κ2) is 4.13. The highest BCUT2D eigenvalue weighted by Gasteiger charge is 2.20. The summed E-state index contributed by atoms with van der Waals surface area (Å²) < 4.78 is 0. The average molecular weight is 193 g/mol. The van der Waals surface area contributed by atoms with Gasteiger partial charge in [-0.25, -0.2) is 0 Å². The summed E-state index contributed by atoms with van der Waals surface area (Å²) in [7, 11) is 0. The van der Waals surface area contributed by atoms with E-state index in [9.17, 15) is 0 Å². The van der Waals surface area contributed by atoms with E-state index in [1.807, 2.05) is 6.20 Å². The zero-order valence-corrected chi connectivity index (χ0v) is 9.01. The normalized spacial score (nSPS) is 22.1.